The lowest BCUT2D eigenvalue weighted by atomic mass is 9.91. The third-order valence-electron chi connectivity index (χ3n) is 3.84. The van der Waals surface area contributed by atoms with Crippen molar-refractivity contribution >= 4 is 29.1 Å². The van der Waals surface area contributed by atoms with Crippen LogP contribution in [0.4, 0.5) is 0 Å². The summed E-state index contributed by atoms with van der Waals surface area (Å²) in [5.41, 5.74) is 0.892. The van der Waals surface area contributed by atoms with Crippen molar-refractivity contribution < 1.29 is 4.74 Å². The predicted molar refractivity (Wildman–Crippen MR) is 83.7 cm³/mol. The van der Waals surface area contributed by atoms with E-state index in [4.69, 9.17) is 17.0 Å². The number of fused-ring (bicyclic) bond motifs is 4. The van der Waals surface area contributed by atoms with E-state index in [1.165, 1.54) is 5.56 Å². The summed E-state index contributed by atoms with van der Waals surface area (Å²) in [6, 6.07) is 8.51. The maximum Gasteiger partial charge on any atom is 0.184 e. The van der Waals surface area contributed by atoms with Crippen LogP contribution in [0, 0.1) is 0 Å². The van der Waals surface area contributed by atoms with E-state index in [1.54, 1.807) is 0 Å². The van der Waals surface area contributed by atoms with Gasteiger partial charge < -0.3 is 15.0 Å². The molecule has 1 aromatic carbocycles. The fraction of sp³-hybridized carbons (Fsp3) is 0.500. The average Bonchev–Trinajstić information content (AvgIpc) is 2.37. The summed E-state index contributed by atoms with van der Waals surface area (Å²) in [6.07, 6.45) is 3.04. The van der Waals surface area contributed by atoms with Gasteiger partial charge in [-0.2, -0.15) is 11.8 Å². The van der Waals surface area contributed by atoms with Crippen molar-refractivity contribution in [2.45, 2.75) is 25.1 Å². The predicted octanol–water partition coefficient (Wildman–Crippen LogP) is 2.78. The lowest BCUT2D eigenvalue weighted by molar-refractivity contribution is -0.0653. The fourth-order valence-corrected chi connectivity index (χ4v) is 3.68. The molecule has 2 unspecified atom stereocenters. The number of hydrogen-bond donors (Lipinski definition) is 1. The van der Waals surface area contributed by atoms with E-state index in [0.29, 0.717) is 0 Å². The van der Waals surface area contributed by atoms with Gasteiger partial charge in [-0.3, -0.25) is 0 Å². The molecule has 2 aliphatic heterocycles. The Hall–Kier alpha value is -0.940. The number of thioether (sulfide) groups is 1. The Kier molecular flexibility index (Phi) is 3.35. The van der Waals surface area contributed by atoms with Crippen LogP contribution in [0.5, 0.6) is 5.75 Å². The van der Waals surface area contributed by atoms with E-state index in [9.17, 15) is 0 Å². The van der Waals surface area contributed by atoms with Gasteiger partial charge in [-0.1, -0.05) is 18.2 Å². The topological polar surface area (TPSA) is 24.5 Å². The molecule has 2 atom stereocenters. The van der Waals surface area contributed by atoms with E-state index in [-0.39, 0.29) is 11.8 Å². The molecular weight excluding hydrogens is 276 g/mol. The number of para-hydroxylation sites is 1. The molecule has 3 nitrogen and oxygen atoms in total. The smallest absolute Gasteiger partial charge is 0.184 e. The Morgan fingerprint density at radius 3 is 3.11 bits per heavy atom. The molecule has 0 amide bonds. The average molecular weight is 294 g/mol. The first kappa shape index (κ1) is 13.1. The van der Waals surface area contributed by atoms with Crippen LogP contribution in [0.25, 0.3) is 0 Å². The van der Waals surface area contributed by atoms with Gasteiger partial charge in [0.15, 0.2) is 10.8 Å². The zero-order valence-corrected chi connectivity index (χ0v) is 12.8. The van der Waals surface area contributed by atoms with Crippen molar-refractivity contribution in [3.05, 3.63) is 29.8 Å². The minimum Gasteiger partial charge on any atom is -0.468 e. The Bertz CT molecular complexity index is 508. The van der Waals surface area contributed by atoms with Crippen LogP contribution in [0.3, 0.4) is 0 Å². The van der Waals surface area contributed by atoms with E-state index < -0.39 is 0 Å². The van der Waals surface area contributed by atoms with Crippen LogP contribution < -0.4 is 10.1 Å². The normalized spacial score (nSPS) is 28.4. The summed E-state index contributed by atoms with van der Waals surface area (Å²) < 4.78 is 6.26. The maximum absolute atomic E-state index is 6.26. The SMILES string of the molecule is CSCCN1C(=S)NC2CC1(C)Oc1ccccc12. The largest absolute Gasteiger partial charge is 0.468 e. The van der Waals surface area contributed by atoms with E-state index in [2.05, 4.69) is 35.5 Å². The molecule has 0 saturated carbocycles. The number of rotatable bonds is 3. The second-order valence-corrected chi connectivity index (χ2v) is 6.54. The van der Waals surface area contributed by atoms with Crippen molar-refractivity contribution in [1.29, 1.82) is 0 Å². The van der Waals surface area contributed by atoms with Crippen molar-refractivity contribution in [3.63, 3.8) is 0 Å². The zero-order chi connectivity index (χ0) is 13.5. The van der Waals surface area contributed by atoms with E-state index in [0.717, 1.165) is 29.6 Å². The lowest BCUT2D eigenvalue weighted by Gasteiger charge is -2.52. The molecule has 2 heterocycles. The highest BCUT2D eigenvalue weighted by molar-refractivity contribution is 7.98. The van der Waals surface area contributed by atoms with Crippen molar-refractivity contribution in [2.75, 3.05) is 18.6 Å². The number of thiocarbonyl (C=S) groups is 1. The zero-order valence-electron chi connectivity index (χ0n) is 11.2. The Labute approximate surface area is 123 Å². The van der Waals surface area contributed by atoms with Gasteiger partial charge in [0.2, 0.25) is 0 Å². The number of nitrogens with zero attached hydrogens (tertiary/aromatic N) is 1. The summed E-state index contributed by atoms with van der Waals surface area (Å²) in [5, 5.41) is 4.26. The molecule has 2 bridgehead atoms. The second-order valence-electron chi connectivity index (χ2n) is 5.17. The van der Waals surface area contributed by atoms with Gasteiger partial charge in [-0.05, 0) is 31.5 Å². The number of hydrogen-bond acceptors (Lipinski definition) is 3. The third-order valence-corrected chi connectivity index (χ3v) is 4.77. The number of ether oxygens (including phenoxy) is 1. The molecule has 19 heavy (non-hydrogen) atoms. The molecule has 1 aromatic rings. The summed E-state index contributed by atoms with van der Waals surface area (Å²) in [7, 11) is 0. The molecule has 1 fully saturated rings. The van der Waals surface area contributed by atoms with Crippen LogP contribution in [-0.4, -0.2) is 34.3 Å². The quantitative estimate of drug-likeness (QED) is 0.864. The molecule has 5 heteroatoms. The Morgan fingerprint density at radius 2 is 2.32 bits per heavy atom. The lowest BCUT2D eigenvalue weighted by Crippen LogP contribution is -2.64. The molecule has 1 N–H and O–H groups in total. The van der Waals surface area contributed by atoms with Crippen LogP contribution in [-0.2, 0) is 0 Å². The molecule has 0 spiro atoms. The first-order valence-corrected chi connectivity index (χ1v) is 8.29. The minimum atomic E-state index is -0.322. The molecule has 3 rings (SSSR count). The second kappa shape index (κ2) is 4.87. The summed E-state index contributed by atoms with van der Waals surface area (Å²) in [5.74, 6) is 2.03. The first-order valence-electron chi connectivity index (χ1n) is 6.49. The molecule has 102 valence electrons. The number of nitrogens with one attached hydrogen (secondary N) is 1. The van der Waals surface area contributed by atoms with Gasteiger partial charge in [0.05, 0.1) is 6.04 Å². The highest BCUT2D eigenvalue weighted by Crippen LogP contribution is 2.43. The van der Waals surface area contributed by atoms with Gasteiger partial charge >= 0.3 is 0 Å². The van der Waals surface area contributed by atoms with Crippen molar-refractivity contribution in [1.82, 2.24) is 10.2 Å². The van der Waals surface area contributed by atoms with Crippen LogP contribution in [0.1, 0.15) is 24.9 Å². The van der Waals surface area contributed by atoms with Crippen LogP contribution in [0.2, 0.25) is 0 Å². The maximum atomic E-state index is 6.26. The molecule has 0 aromatic heterocycles. The van der Waals surface area contributed by atoms with Gasteiger partial charge in [-0.15, -0.1) is 0 Å². The standard InChI is InChI=1S/C14H18N2OS2/c1-14-9-11(10-5-3-4-6-12(10)17-14)15-13(18)16(14)7-8-19-2/h3-6,11H,7-9H2,1-2H3,(H,15,18). The summed E-state index contributed by atoms with van der Waals surface area (Å²) >= 11 is 7.35. The van der Waals surface area contributed by atoms with Crippen molar-refractivity contribution in [3.8, 4) is 5.75 Å². The van der Waals surface area contributed by atoms with Gasteiger partial charge in [0, 0.05) is 24.3 Å². The molecule has 0 radical (unpaired) electrons. The van der Waals surface area contributed by atoms with Gasteiger partial charge in [0.1, 0.15) is 5.75 Å². The third kappa shape index (κ3) is 2.19. The highest BCUT2D eigenvalue weighted by atomic mass is 32.2. The molecule has 0 aliphatic carbocycles. The summed E-state index contributed by atoms with van der Waals surface area (Å²) in [4.78, 5) is 2.19. The molecule has 1 saturated heterocycles. The monoisotopic (exact) mass is 294 g/mol. The Balaban J connectivity index is 1.94. The van der Waals surface area contributed by atoms with Crippen LogP contribution in [0.15, 0.2) is 24.3 Å². The van der Waals surface area contributed by atoms with Crippen molar-refractivity contribution in [2.24, 2.45) is 0 Å². The van der Waals surface area contributed by atoms with E-state index in [1.807, 2.05) is 23.9 Å². The van der Waals surface area contributed by atoms with Gasteiger partial charge in [0.25, 0.3) is 0 Å². The fourth-order valence-electron chi connectivity index (χ4n) is 2.89. The Morgan fingerprint density at radius 1 is 1.53 bits per heavy atom. The number of benzene rings is 1. The van der Waals surface area contributed by atoms with Gasteiger partial charge in [-0.25, -0.2) is 0 Å². The summed E-state index contributed by atoms with van der Waals surface area (Å²) in [6.45, 7) is 3.06. The van der Waals surface area contributed by atoms with E-state index >= 15 is 0 Å². The molecule has 2 aliphatic rings. The van der Waals surface area contributed by atoms with Crippen LogP contribution >= 0.6 is 24.0 Å². The minimum absolute atomic E-state index is 0.271. The first-order chi connectivity index (χ1) is 9.14. The molecular formula is C14H18N2OS2. The highest BCUT2D eigenvalue weighted by Gasteiger charge is 2.47.